The summed E-state index contributed by atoms with van der Waals surface area (Å²) in [6.45, 7) is 4.54. The number of carbonyl (C=O) groups is 1. The second kappa shape index (κ2) is 9.95. The molecule has 1 N–H and O–H groups in total. The predicted octanol–water partition coefficient (Wildman–Crippen LogP) is 2.60. The molecule has 8 nitrogen and oxygen atoms in total. The van der Waals surface area contributed by atoms with E-state index in [1.54, 1.807) is 32.4 Å². The van der Waals surface area contributed by atoms with Gasteiger partial charge in [-0.25, -0.2) is 4.98 Å². The Bertz CT molecular complexity index is 815. The maximum absolute atomic E-state index is 12.4. The maximum atomic E-state index is 12.4. The average Bonchev–Trinajstić information content (AvgIpc) is 2.76. The van der Waals surface area contributed by atoms with Crippen molar-refractivity contribution in [3.05, 3.63) is 35.7 Å². The van der Waals surface area contributed by atoms with Gasteiger partial charge in [-0.3, -0.25) is 4.79 Å². The monoisotopic (exact) mass is 400 g/mol. The Morgan fingerprint density at radius 1 is 1.03 bits per heavy atom. The van der Waals surface area contributed by atoms with Gasteiger partial charge < -0.3 is 24.4 Å². The largest absolute Gasteiger partial charge is 0.497 e. The second-order valence-electron chi connectivity index (χ2n) is 6.87. The van der Waals surface area contributed by atoms with Crippen molar-refractivity contribution in [3.63, 3.8) is 0 Å². The zero-order valence-corrected chi connectivity index (χ0v) is 17.2. The third-order valence-electron chi connectivity index (χ3n) is 4.73. The van der Waals surface area contributed by atoms with Gasteiger partial charge in [0.25, 0.3) is 5.91 Å². The minimum Gasteiger partial charge on any atom is -0.497 e. The zero-order chi connectivity index (χ0) is 20.6. The van der Waals surface area contributed by atoms with E-state index in [9.17, 15) is 4.79 Å². The molecule has 0 unspecified atom stereocenters. The number of hydrogen-bond acceptors (Lipinski definition) is 7. The summed E-state index contributed by atoms with van der Waals surface area (Å²) < 4.78 is 16.2. The molecule has 2 aromatic rings. The predicted molar refractivity (Wildman–Crippen MR) is 110 cm³/mol. The normalized spacial score (nSPS) is 13.7. The fraction of sp³-hybridized carbons (Fsp3) is 0.476. The highest BCUT2D eigenvalue weighted by molar-refractivity contribution is 5.95. The topological polar surface area (TPSA) is 85.8 Å². The standard InChI is InChI=1S/C21H28N4O4/c1-15-23-19(25-8-5-4-6-9-25)14-20(24-15)29-10-7-22-21(26)16-11-17(27-2)13-18(12-16)28-3/h11-14H,4-10H2,1-3H3,(H,22,26). The van der Waals surface area contributed by atoms with Gasteiger partial charge in [0.15, 0.2) is 0 Å². The van der Waals surface area contributed by atoms with Crippen molar-refractivity contribution in [1.29, 1.82) is 0 Å². The van der Waals surface area contributed by atoms with E-state index in [2.05, 4.69) is 20.2 Å². The van der Waals surface area contributed by atoms with Crippen molar-refractivity contribution in [2.75, 3.05) is 45.4 Å². The van der Waals surface area contributed by atoms with Gasteiger partial charge in [0.2, 0.25) is 5.88 Å². The van der Waals surface area contributed by atoms with Crippen LogP contribution in [0.2, 0.25) is 0 Å². The lowest BCUT2D eigenvalue weighted by Crippen LogP contribution is -2.30. The number of aromatic nitrogens is 2. The Morgan fingerprint density at radius 3 is 2.38 bits per heavy atom. The van der Waals surface area contributed by atoms with Crippen LogP contribution in [0.25, 0.3) is 0 Å². The quantitative estimate of drug-likeness (QED) is 0.682. The van der Waals surface area contributed by atoms with Gasteiger partial charge in [0.1, 0.15) is 29.7 Å². The molecule has 0 saturated carbocycles. The smallest absolute Gasteiger partial charge is 0.251 e. The number of methoxy groups -OCH3 is 2. The van der Waals surface area contributed by atoms with Gasteiger partial charge in [0, 0.05) is 30.8 Å². The number of ether oxygens (including phenoxy) is 3. The molecule has 2 heterocycles. The molecule has 1 fully saturated rings. The Labute approximate surface area is 171 Å². The van der Waals surface area contributed by atoms with Crippen molar-refractivity contribution in [1.82, 2.24) is 15.3 Å². The van der Waals surface area contributed by atoms with E-state index >= 15 is 0 Å². The number of aryl methyl sites for hydroxylation is 1. The van der Waals surface area contributed by atoms with Crippen LogP contribution in [0.5, 0.6) is 17.4 Å². The lowest BCUT2D eigenvalue weighted by atomic mass is 10.1. The number of amides is 1. The lowest BCUT2D eigenvalue weighted by molar-refractivity contribution is 0.0946. The number of rotatable bonds is 8. The summed E-state index contributed by atoms with van der Waals surface area (Å²) in [5, 5.41) is 2.84. The lowest BCUT2D eigenvalue weighted by Gasteiger charge is -2.28. The third kappa shape index (κ3) is 5.73. The van der Waals surface area contributed by atoms with Crippen molar-refractivity contribution in [2.45, 2.75) is 26.2 Å². The molecule has 29 heavy (non-hydrogen) atoms. The minimum absolute atomic E-state index is 0.223. The van der Waals surface area contributed by atoms with Gasteiger partial charge in [-0.15, -0.1) is 0 Å². The summed E-state index contributed by atoms with van der Waals surface area (Å²) >= 11 is 0. The molecule has 0 atom stereocenters. The van der Waals surface area contributed by atoms with Crippen molar-refractivity contribution in [2.24, 2.45) is 0 Å². The molecule has 1 saturated heterocycles. The Hall–Kier alpha value is -3.03. The van der Waals surface area contributed by atoms with Crippen LogP contribution in [-0.2, 0) is 0 Å². The molecule has 8 heteroatoms. The summed E-state index contributed by atoms with van der Waals surface area (Å²) in [4.78, 5) is 23.5. The summed E-state index contributed by atoms with van der Waals surface area (Å²) in [6, 6.07) is 6.92. The summed E-state index contributed by atoms with van der Waals surface area (Å²) in [5.41, 5.74) is 0.464. The maximum Gasteiger partial charge on any atom is 0.251 e. The van der Waals surface area contributed by atoms with E-state index < -0.39 is 0 Å². The molecule has 1 aromatic carbocycles. The molecule has 0 radical (unpaired) electrons. The SMILES string of the molecule is COc1cc(OC)cc(C(=O)NCCOc2cc(N3CCCCC3)nc(C)n2)c1. The van der Waals surface area contributed by atoms with Gasteiger partial charge in [0.05, 0.1) is 20.8 Å². The van der Waals surface area contributed by atoms with Crippen molar-refractivity contribution in [3.8, 4) is 17.4 Å². The number of nitrogens with one attached hydrogen (secondary N) is 1. The van der Waals surface area contributed by atoms with Crippen molar-refractivity contribution < 1.29 is 19.0 Å². The van der Waals surface area contributed by atoms with E-state index in [0.29, 0.717) is 41.9 Å². The van der Waals surface area contributed by atoms with Crippen LogP contribution >= 0.6 is 0 Å². The fourth-order valence-corrected chi connectivity index (χ4v) is 3.24. The number of carbonyl (C=O) groups excluding carboxylic acids is 1. The molecular weight excluding hydrogens is 372 g/mol. The van der Waals surface area contributed by atoms with Gasteiger partial charge in [-0.2, -0.15) is 4.98 Å². The zero-order valence-electron chi connectivity index (χ0n) is 17.2. The molecule has 3 rings (SSSR count). The second-order valence-corrected chi connectivity index (χ2v) is 6.87. The van der Waals surface area contributed by atoms with Crippen LogP contribution < -0.4 is 24.4 Å². The molecule has 0 bridgehead atoms. The average molecular weight is 400 g/mol. The molecule has 156 valence electrons. The molecule has 1 aromatic heterocycles. The van der Waals surface area contributed by atoms with Crippen LogP contribution in [0.4, 0.5) is 5.82 Å². The highest BCUT2D eigenvalue weighted by Crippen LogP contribution is 2.23. The number of nitrogens with zero attached hydrogens (tertiary/aromatic N) is 3. The molecule has 0 spiro atoms. The summed E-state index contributed by atoms with van der Waals surface area (Å²) in [5.74, 6) is 3.00. The highest BCUT2D eigenvalue weighted by atomic mass is 16.5. The fourth-order valence-electron chi connectivity index (χ4n) is 3.24. The molecule has 1 aliphatic rings. The third-order valence-corrected chi connectivity index (χ3v) is 4.73. The Kier molecular flexibility index (Phi) is 7.10. The van der Waals surface area contributed by atoms with Gasteiger partial charge in [-0.05, 0) is 38.3 Å². The first-order valence-electron chi connectivity index (χ1n) is 9.84. The first kappa shape index (κ1) is 20.7. The van der Waals surface area contributed by atoms with Crippen LogP contribution in [0.1, 0.15) is 35.4 Å². The molecule has 1 amide bonds. The number of hydrogen-bond donors (Lipinski definition) is 1. The minimum atomic E-state index is -0.223. The van der Waals surface area contributed by atoms with Crippen LogP contribution in [0.15, 0.2) is 24.3 Å². The van der Waals surface area contributed by atoms with Gasteiger partial charge in [-0.1, -0.05) is 0 Å². The van der Waals surface area contributed by atoms with Gasteiger partial charge >= 0.3 is 0 Å². The van der Waals surface area contributed by atoms with Crippen LogP contribution in [-0.4, -0.2) is 56.3 Å². The molecular formula is C21H28N4O4. The number of anilines is 1. The van der Waals surface area contributed by atoms with E-state index in [0.717, 1.165) is 18.9 Å². The summed E-state index contributed by atoms with van der Waals surface area (Å²) in [7, 11) is 3.10. The first-order chi connectivity index (χ1) is 14.1. The first-order valence-corrected chi connectivity index (χ1v) is 9.84. The number of piperidine rings is 1. The van der Waals surface area contributed by atoms with E-state index in [1.165, 1.54) is 19.3 Å². The van der Waals surface area contributed by atoms with E-state index in [4.69, 9.17) is 14.2 Å². The van der Waals surface area contributed by atoms with Crippen LogP contribution in [0, 0.1) is 6.92 Å². The van der Waals surface area contributed by atoms with Crippen LogP contribution in [0.3, 0.4) is 0 Å². The number of benzene rings is 1. The Balaban J connectivity index is 1.54. The highest BCUT2D eigenvalue weighted by Gasteiger charge is 2.14. The molecule has 0 aliphatic carbocycles. The molecule has 1 aliphatic heterocycles. The summed E-state index contributed by atoms with van der Waals surface area (Å²) in [6.07, 6.45) is 3.63. The van der Waals surface area contributed by atoms with Crippen molar-refractivity contribution >= 4 is 11.7 Å². The van der Waals surface area contributed by atoms with E-state index in [1.807, 2.05) is 13.0 Å². The Morgan fingerprint density at radius 2 is 1.72 bits per heavy atom. The van der Waals surface area contributed by atoms with E-state index in [-0.39, 0.29) is 5.91 Å².